The Morgan fingerprint density at radius 2 is 1.77 bits per heavy atom. The largest absolute Gasteiger partial charge is 0.497 e. The van der Waals surface area contributed by atoms with Gasteiger partial charge in [-0.15, -0.1) is 0 Å². The average Bonchev–Trinajstić information content (AvgIpc) is 2.61. The zero-order valence-electron chi connectivity index (χ0n) is 14.8. The van der Waals surface area contributed by atoms with E-state index in [-0.39, 0.29) is 31.4 Å². The molecule has 2 aromatic rings. The third-order valence-corrected chi connectivity index (χ3v) is 3.57. The highest BCUT2D eigenvalue weighted by molar-refractivity contribution is 5.92. The zero-order valence-corrected chi connectivity index (χ0v) is 14.8. The molecule has 7 heteroatoms. The summed E-state index contributed by atoms with van der Waals surface area (Å²) in [5.74, 6) is 0.652. The number of likely N-dealkylation sites (N-methyl/N-ethyl adjacent to an activating group) is 1. The number of ether oxygens (including phenoxy) is 2. The molecule has 1 atom stereocenters. The number of rotatable bonds is 9. The van der Waals surface area contributed by atoms with Crippen molar-refractivity contribution in [3.8, 4) is 11.5 Å². The summed E-state index contributed by atoms with van der Waals surface area (Å²) in [6.45, 7) is 0.437. The fraction of sp³-hybridized carbons (Fsp3) is 0.316. The second-order valence-electron chi connectivity index (χ2n) is 5.89. The minimum Gasteiger partial charge on any atom is -0.497 e. The molecule has 2 rings (SSSR count). The van der Waals surface area contributed by atoms with Crippen molar-refractivity contribution < 1.29 is 23.8 Å². The lowest BCUT2D eigenvalue weighted by Crippen LogP contribution is -2.37. The Labute approximate surface area is 152 Å². The standard InChI is InChI=1S/C19H23FN2O4/c1-22(11-16(23)13-26-18-7-3-14(20)4-8-18)12-19(24)21-15-5-9-17(25-2)10-6-15/h3-10,16,23H,11-13H2,1-2H3,(H,21,24). The van der Waals surface area contributed by atoms with E-state index in [0.29, 0.717) is 17.2 Å². The summed E-state index contributed by atoms with van der Waals surface area (Å²) in [6, 6.07) is 12.6. The number of aliphatic hydroxyl groups excluding tert-OH is 1. The fourth-order valence-electron chi connectivity index (χ4n) is 2.32. The highest BCUT2D eigenvalue weighted by Crippen LogP contribution is 2.15. The molecule has 0 aliphatic heterocycles. The number of hydrogen-bond donors (Lipinski definition) is 2. The van der Waals surface area contributed by atoms with E-state index < -0.39 is 6.10 Å². The fourth-order valence-corrected chi connectivity index (χ4v) is 2.32. The third-order valence-electron chi connectivity index (χ3n) is 3.57. The van der Waals surface area contributed by atoms with Crippen LogP contribution in [0, 0.1) is 5.82 Å². The maximum atomic E-state index is 12.8. The number of anilines is 1. The summed E-state index contributed by atoms with van der Waals surface area (Å²) >= 11 is 0. The molecule has 1 amide bonds. The molecule has 0 fully saturated rings. The number of aliphatic hydroxyl groups is 1. The van der Waals surface area contributed by atoms with E-state index in [1.807, 2.05) is 0 Å². The van der Waals surface area contributed by atoms with Crippen LogP contribution < -0.4 is 14.8 Å². The molecule has 0 radical (unpaired) electrons. The molecule has 0 saturated carbocycles. The van der Waals surface area contributed by atoms with Crippen molar-refractivity contribution >= 4 is 11.6 Å². The second kappa shape index (κ2) is 9.74. The van der Waals surface area contributed by atoms with Crippen LogP contribution in [0.2, 0.25) is 0 Å². The Balaban J connectivity index is 1.71. The summed E-state index contributed by atoms with van der Waals surface area (Å²) in [4.78, 5) is 13.7. The average molecular weight is 362 g/mol. The van der Waals surface area contributed by atoms with Gasteiger partial charge in [-0.25, -0.2) is 4.39 Å². The highest BCUT2D eigenvalue weighted by atomic mass is 19.1. The van der Waals surface area contributed by atoms with E-state index in [0.717, 1.165) is 0 Å². The molecule has 0 spiro atoms. The van der Waals surface area contributed by atoms with Crippen molar-refractivity contribution in [2.45, 2.75) is 6.10 Å². The first-order chi connectivity index (χ1) is 12.5. The predicted octanol–water partition coefficient (Wildman–Crippen LogP) is 2.14. The topological polar surface area (TPSA) is 71.0 Å². The summed E-state index contributed by atoms with van der Waals surface area (Å²) in [5.41, 5.74) is 0.671. The summed E-state index contributed by atoms with van der Waals surface area (Å²) in [5, 5.41) is 12.8. The van der Waals surface area contributed by atoms with Crippen LogP contribution in [-0.4, -0.2) is 55.9 Å². The van der Waals surface area contributed by atoms with Crippen LogP contribution in [0.1, 0.15) is 0 Å². The van der Waals surface area contributed by atoms with E-state index in [9.17, 15) is 14.3 Å². The van der Waals surface area contributed by atoms with Gasteiger partial charge in [0, 0.05) is 12.2 Å². The van der Waals surface area contributed by atoms with Gasteiger partial charge in [0.1, 0.15) is 30.0 Å². The second-order valence-corrected chi connectivity index (χ2v) is 5.89. The molecule has 0 aliphatic rings. The molecule has 0 heterocycles. The molecule has 0 bridgehead atoms. The minimum atomic E-state index is -0.779. The summed E-state index contributed by atoms with van der Waals surface area (Å²) in [7, 11) is 3.31. The third kappa shape index (κ3) is 6.70. The van der Waals surface area contributed by atoms with Gasteiger partial charge in [0.15, 0.2) is 0 Å². The van der Waals surface area contributed by atoms with Gasteiger partial charge in [0.2, 0.25) is 5.91 Å². The predicted molar refractivity (Wildman–Crippen MR) is 97.0 cm³/mol. The van der Waals surface area contributed by atoms with E-state index in [2.05, 4.69) is 5.32 Å². The first kappa shape index (κ1) is 19.7. The monoisotopic (exact) mass is 362 g/mol. The number of hydrogen-bond acceptors (Lipinski definition) is 5. The molecule has 2 aromatic carbocycles. The molecule has 2 N–H and O–H groups in total. The van der Waals surface area contributed by atoms with Crippen LogP contribution in [0.25, 0.3) is 0 Å². The van der Waals surface area contributed by atoms with Gasteiger partial charge in [-0.1, -0.05) is 0 Å². The molecule has 0 aliphatic carbocycles. The zero-order chi connectivity index (χ0) is 18.9. The van der Waals surface area contributed by atoms with Crippen LogP contribution >= 0.6 is 0 Å². The van der Waals surface area contributed by atoms with Crippen molar-refractivity contribution in [3.63, 3.8) is 0 Å². The highest BCUT2D eigenvalue weighted by Gasteiger charge is 2.13. The molecule has 0 saturated heterocycles. The van der Waals surface area contributed by atoms with Gasteiger partial charge < -0.3 is 19.9 Å². The number of nitrogens with one attached hydrogen (secondary N) is 1. The number of nitrogens with zero attached hydrogens (tertiary/aromatic N) is 1. The first-order valence-electron chi connectivity index (χ1n) is 8.15. The normalized spacial score (nSPS) is 11.9. The number of carbonyl (C=O) groups excluding carboxylic acids is 1. The van der Waals surface area contributed by atoms with E-state index in [1.165, 1.54) is 24.3 Å². The lowest BCUT2D eigenvalue weighted by Gasteiger charge is -2.20. The maximum absolute atomic E-state index is 12.8. The summed E-state index contributed by atoms with van der Waals surface area (Å²) in [6.07, 6.45) is -0.779. The Bertz CT molecular complexity index is 692. The number of halogens is 1. The Kier molecular flexibility index (Phi) is 7.37. The Hall–Kier alpha value is -2.64. The van der Waals surface area contributed by atoms with Gasteiger partial charge in [-0.3, -0.25) is 9.69 Å². The number of carbonyl (C=O) groups is 1. The van der Waals surface area contributed by atoms with Gasteiger partial charge in [0.05, 0.1) is 13.7 Å². The van der Waals surface area contributed by atoms with Crippen LogP contribution in [0.3, 0.4) is 0 Å². The lowest BCUT2D eigenvalue weighted by molar-refractivity contribution is -0.117. The maximum Gasteiger partial charge on any atom is 0.238 e. The Morgan fingerprint density at radius 3 is 2.38 bits per heavy atom. The molecule has 1 unspecified atom stereocenters. The first-order valence-corrected chi connectivity index (χ1v) is 8.15. The van der Waals surface area contributed by atoms with E-state index >= 15 is 0 Å². The van der Waals surface area contributed by atoms with Crippen LogP contribution in [0.15, 0.2) is 48.5 Å². The van der Waals surface area contributed by atoms with Gasteiger partial charge in [-0.2, -0.15) is 0 Å². The van der Waals surface area contributed by atoms with Crippen LogP contribution in [0.5, 0.6) is 11.5 Å². The molecule has 26 heavy (non-hydrogen) atoms. The SMILES string of the molecule is COc1ccc(NC(=O)CN(C)CC(O)COc2ccc(F)cc2)cc1. The number of methoxy groups -OCH3 is 1. The molecular formula is C19H23FN2O4. The van der Waals surface area contributed by atoms with Crippen LogP contribution in [-0.2, 0) is 4.79 Å². The van der Waals surface area contributed by atoms with Crippen molar-refractivity contribution in [1.82, 2.24) is 4.90 Å². The van der Waals surface area contributed by atoms with Crippen molar-refractivity contribution in [2.24, 2.45) is 0 Å². The van der Waals surface area contributed by atoms with Crippen molar-refractivity contribution in [2.75, 3.05) is 39.2 Å². The Morgan fingerprint density at radius 1 is 1.15 bits per heavy atom. The van der Waals surface area contributed by atoms with Gasteiger partial charge in [-0.05, 0) is 55.6 Å². The summed E-state index contributed by atoms with van der Waals surface area (Å²) < 4.78 is 23.3. The quantitative estimate of drug-likeness (QED) is 0.715. The minimum absolute atomic E-state index is 0.0517. The van der Waals surface area contributed by atoms with E-state index in [4.69, 9.17) is 9.47 Å². The van der Waals surface area contributed by atoms with Crippen LogP contribution in [0.4, 0.5) is 10.1 Å². The number of amides is 1. The van der Waals surface area contributed by atoms with Crippen molar-refractivity contribution in [3.05, 3.63) is 54.3 Å². The molecular weight excluding hydrogens is 339 g/mol. The van der Waals surface area contributed by atoms with Crippen molar-refractivity contribution in [1.29, 1.82) is 0 Å². The smallest absolute Gasteiger partial charge is 0.238 e. The molecule has 0 aromatic heterocycles. The van der Waals surface area contributed by atoms with Gasteiger partial charge >= 0.3 is 0 Å². The van der Waals surface area contributed by atoms with Gasteiger partial charge in [0.25, 0.3) is 0 Å². The molecule has 140 valence electrons. The lowest BCUT2D eigenvalue weighted by atomic mass is 10.3. The number of benzene rings is 2. The van der Waals surface area contributed by atoms with E-state index in [1.54, 1.807) is 43.3 Å². The molecule has 6 nitrogen and oxygen atoms in total.